The molecule has 0 amide bonds. The third kappa shape index (κ3) is 7.78. The van der Waals surface area contributed by atoms with E-state index in [1.807, 2.05) is 84.9 Å². The maximum absolute atomic E-state index is 12.2. The summed E-state index contributed by atoms with van der Waals surface area (Å²) in [6.07, 6.45) is 14.7. The molecule has 282 valence electrons. The summed E-state index contributed by atoms with van der Waals surface area (Å²) < 4.78 is 0. The number of rotatable bonds is 9. The summed E-state index contributed by atoms with van der Waals surface area (Å²) in [5.41, 5.74) is 3.54. The zero-order valence-corrected chi connectivity index (χ0v) is 31.2. The summed E-state index contributed by atoms with van der Waals surface area (Å²) in [4.78, 5) is 19.8. The van der Waals surface area contributed by atoms with Gasteiger partial charge in [0.1, 0.15) is 23.0 Å². The van der Waals surface area contributed by atoms with Crippen LogP contribution in [0.25, 0.3) is 32.7 Å². The van der Waals surface area contributed by atoms with Crippen molar-refractivity contribution in [3.8, 4) is 34.1 Å². The van der Waals surface area contributed by atoms with E-state index in [0.717, 1.165) is 72.9 Å². The number of hydrogen-bond acceptors (Lipinski definition) is 8. The van der Waals surface area contributed by atoms with Gasteiger partial charge in [0.2, 0.25) is 0 Å². The molecule has 0 unspecified atom stereocenters. The van der Waals surface area contributed by atoms with Gasteiger partial charge in [-0.1, -0.05) is 98.5 Å². The van der Waals surface area contributed by atoms with Crippen molar-refractivity contribution in [2.75, 3.05) is 0 Å². The zero-order valence-electron chi connectivity index (χ0n) is 31.2. The van der Waals surface area contributed by atoms with E-state index in [1.165, 1.54) is 0 Å². The fourth-order valence-corrected chi connectivity index (χ4v) is 8.20. The quantitative estimate of drug-likeness (QED) is 0.110. The fraction of sp³-hybridized carbons (Fsp3) is 0.250. The monoisotopic (exact) mass is 742 g/mol. The number of benzene rings is 6. The second-order valence-electron chi connectivity index (χ2n) is 14.9. The van der Waals surface area contributed by atoms with E-state index in [-0.39, 0.29) is 47.2 Å². The standard InChI is InChI=1S/C48H46N4O4/c53-43-23-11-3-15-33(43)27-49-39-19-7-9-21-41(39)51-29-35-25-31-13-1-5-17-37(31)45(47(35)55)46-38-18-6-2-14-32(38)26-36(48(46)56)30-52-42-22-10-8-20-40(42)50-28-34-16-4-12-24-44(34)54/h1-6,11-18,23-30,39-42,53-56H,7-10,19-22H2/t39-,40-,41-,42-/m1/s1. The molecule has 2 fully saturated rings. The summed E-state index contributed by atoms with van der Waals surface area (Å²) in [5, 5.41) is 48.4. The van der Waals surface area contributed by atoms with Gasteiger partial charge in [0.25, 0.3) is 0 Å². The van der Waals surface area contributed by atoms with Crippen molar-refractivity contribution >= 4 is 46.4 Å². The van der Waals surface area contributed by atoms with Crippen molar-refractivity contribution in [3.05, 3.63) is 131 Å². The van der Waals surface area contributed by atoms with Crippen molar-refractivity contribution in [1.82, 2.24) is 0 Å². The van der Waals surface area contributed by atoms with Crippen LogP contribution in [0.15, 0.2) is 129 Å². The number of aliphatic imine (C=N–C) groups is 4. The Morgan fingerprint density at radius 3 is 1.09 bits per heavy atom. The SMILES string of the molecule is Oc1ccccc1C=N[C@@H]1CCCC[C@H]1N=Cc1cc2ccccc2c(-c2c(O)c(C=N[C@@H]3CCCC[C@H]3N=Cc3ccccc3O)cc3ccccc23)c1O. The Balaban J connectivity index is 1.17. The van der Waals surface area contributed by atoms with Crippen LogP contribution in [-0.2, 0) is 0 Å². The van der Waals surface area contributed by atoms with E-state index < -0.39 is 0 Å². The van der Waals surface area contributed by atoms with Gasteiger partial charge in [-0.05, 0) is 83.6 Å². The fourth-order valence-electron chi connectivity index (χ4n) is 8.20. The lowest BCUT2D eigenvalue weighted by atomic mass is 9.88. The molecule has 56 heavy (non-hydrogen) atoms. The Morgan fingerprint density at radius 1 is 0.393 bits per heavy atom. The number of para-hydroxylation sites is 2. The van der Waals surface area contributed by atoms with Gasteiger partial charge in [0.15, 0.2) is 0 Å². The van der Waals surface area contributed by atoms with Gasteiger partial charge in [-0.25, -0.2) is 0 Å². The molecule has 0 spiro atoms. The molecule has 4 N–H and O–H groups in total. The number of nitrogens with zero attached hydrogens (tertiary/aromatic N) is 4. The van der Waals surface area contributed by atoms with Crippen molar-refractivity contribution in [3.63, 3.8) is 0 Å². The van der Waals surface area contributed by atoms with Crippen LogP contribution in [0.3, 0.4) is 0 Å². The predicted molar refractivity (Wildman–Crippen MR) is 229 cm³/mol. The summed E-state index contributed by atoms with van der Waals surface area (Å²) in [7, 11) is 0. The average molecular weight is 743 g/mol. The molecule has 0 heterocycles. The van der Waals surface area contributed by atoms with Gasteiger partial charge >= 0.3 is 0 Å². The van der Waals surface area contributed by atoms with Crippen LogP contribution >= 0.6 is 0 Å². The maximum Gasteiger partial charge on any atom is 0.132 e. The average Bonchev–Trinajstić information content (AvgIpc) is 3.23. The molecular formula is C48H46N4O4. The third-order valence-corrected chi connectivity index (χ3v) is 11.2. The lowest BCUT2D eigenvalue weighted by molar-refractivity contribution is 0.390. The molecule has 0 aromatic heterocycles. The van der Waals surface area contributed by atoms with Crippen molar-refractivity contribution < 1.29 is 20.4 Å². The number of phenolic OH excluding ortho intramolecular Hbond substituents is 4. The van der Waals surface area contributed by atoms with Gasteiger partial charge in [0.05, 0.1) is 24.2 Å². The first kappa shape index (κ1) is 36.7. The Labute approximate surface area is 327 Å². The molecule has 0 radical (unpaired) electrons. The molecule has 8 rings (SSSR count). The largest absolute Gasteiger partial charge is 0.507 e. The van der Waals surface area contributed by atoms with E-state index in [2.05, 4.69) is 0 Å². The number of fused-ring (bicyclic) bond motifs is 2. The molecule has 8 heteroatoms. The summed E-state index contributed by atoms with van der Waals surface area (Å²) >= 11 is 0. The second kappa shape index (κ2) is 16.6. The number of aromatic hydroxyl groups is 4. The maximum atomic E-state index is 12.2. The molecule has 8 nitrogen and oxygen atoms in total. The first-order valence-electron chi connectivity index (χ1n) is 19.6. The normalized spacial score (nSPS) is 20.6. The van der Waals surface area contributed by atoms with Crippen LogP contribution < -0.4 is 0 Å². The first-order valence-corrected chi connectivity index (χ1v) is 19.6. The first-order chi connectivity index (χ1) is 27.4. The lowest BCUT2D eigenvalue weighted by Gasteiger charge is -2.26. The Hall–Kier alpha value is -6.28. The van der Waals surface area contributed by atoms with Gasteiger partial charge in [-0.3, -0.25) is 20.0 Å². The number of phenols is 4. The molecule has 2 saturated carbocycles. The highest BCUT2D eigenvalue weighted by Gasteiger charge is 2.26. The highest BCUT2D eigenvalue weighted by molar-refractivity contribution is 6.14. The number of hydrogen-bond donors (Lipinski definition) is 4. The van der Waals surface area contributed by atoms with Gasteiger partial charge in [0, 0.05) is 58.2 Å². The Kier molecular flexibility index (Phi) is 10.9. The lowest BCUT2D eigenvalue weighted by Crippen LogP contribution is -2.27. The van der Waals surface area contributed by atoms with Crippen molar-refractivity contribution in [2.45, 2.75) is 75.5 Å². The molecule has 0 bridgehead atoms. The minimum atomic E-state index is -0.0831. The van der Waals surface area contributed by atoms with Crippen LogP contribution in [0, 0.1) is 0 Å². The van der Waals surface area contributed by atoms with E-state index in [1.54, 1.807) is 49.1 Å². The zero-order chi connectivity index (χ0) is 38.4. The molecule has 0 saturated heterocycles. The second-order valence-corrected chi connectivity index (χ2v) is 14.9. The van der Waals surface area contributed by atoms with Crippen molar-refractivity contribution in [2.24, 2.45) is 20.0 Å². The van der Waals surface area contributed by atoms with E-state index >= 15 is 0 Å². The molecule has 6 aromatic rings. The van der Waals surface area contributed by atoms with Gasteiger partial charge in [-0.15, -0.1) is 0 Å². The van der Waals surface area contributed by atoms with Crippen LogP contribution in [-0.4, -0.2) is 69.5 Å². The highest BCUT2D eigenvalue weighted by Crippen LogP contribution is 2.47. The molecular weight excluding hydrogens is 697 g/mol. The molecule has 2 aliphatic rings. The minimum absolute atomic E-state index is 0.0397. The Bertz CT molecular complexity index is 2320. The highest BCUT2D eigenvalue weighted by atomic mass is 16.3. The van der Waals surface area contributed by atoms with E-state index in [0.29, 0.717) is 33.4 Å². The Morgan fingerprint density at radius 2 is 0.714 bits per heavy atom. The molecule has 2 aliphatic carbocycles. The van der Waals surface area contributed by atoms with Crippen LogP contribution in [0.5, 0.6) is 23.0 Å². The van der Waals surface area contributed by atoms with Crippen LogP contribution in [0.2, 0.25) is 0 Å². The molecule has 6 aromatic carbocycles. The summed E-state index contributed by atoms with van der Waals surface area (Å²) in [6, 6.07) is 33.8. The van der Waals surface area contributed by atoms with Crippen molar-refractivity contribution in [1.29, 1.82) is 0 Å². The summed E-state index contributed by atoms with van der Waals surface area (Å²) in [6.45, 7) is 0. The van der Waals surface area contributed by atoms with Crippen LogP contribution in [0.1, 0.15) is 73.6 Å². The smallest absolute Gasteiger partial charge is 0.132 e. The molecule has 0 aliphatic heterocycles. The van der Waals surface area contributed by atoms with Crippen LogP contribution in [0.4, 0.5) is 0 Å². The van der Waals surface area contributed by atoms with E-state index in [4.69, 9.17) is 20.0 Å². The van der Waals surface area contributed by atoms with E-state index in [9.17, 15) is 20.4 Å². The predicted octanol–water partition coefficient (Wildman–Crippen LogP) is 10.2. The third-order valence-electron chi connectivity index (χ3n) is 11.2. The van der Waals surface area contributed by atoms with Gasteiger partial charge < -0.3 is 20.4 Å². The summed E-state index contributed by atoms with van der Waals surface area (Å²) in [5.74, 6) is 0.468. The van der Waals surface area contributed by atoms with Gasteiger partial charge in [-0.2, -0.15) is 0 Å². The molecule has 4 atom stereocenters. The topological polar surface area (TPSA) is 130 Å². The minimum Gasteiger partial charge on any atom is -0.507 e.